The van der Waals surface area contributed by atoms with Gasteiger partial charge in [0.1, 0.15) is 0 Å². The Labute approximate surface area is 334 Å². The molecule has 0 atom stereocenters. The maximum absolute atomic E-state index is 11.0. The van der Waals surface area contributed by atoms with Crippen LogP contribution in [0.1, 0.15) is 5.56 Å². The molecule has 11 aromatic rings. The fourth-order valence-electron chi connectivity index (χ4n) is 8.45. The zero-order valence-corrected chi connectivity index (χ0v) is 31.2. The molecule has 8 aromatic carbocycles. The summed E-state index contributed by atoms with van der Waals surface area (Å²) in [7, 11) is 0. The Morgan fingerprint density at radius 2 is 0.845 bits per heavy atom. The van der Waals surface area contributed by atoms with Gasteiger partial charge in [0.05, 0.1) is 33.7 Å². The first kappa shape index (κ1) is 33.2. The van der Waals surface area contributed by atoms with Gasteiger partial charge in [-0.3, -0.25) is 0 Å². The number of rotatable bonds is 6. The average molecular weight is 741 g/mol. The van der Waals surface area contributed by atoms with Crippen LogP contribution in [0.25, 0.3) is 100 Å². The average Bonchev–Trinajstić information content (AvgIpc) is 3.83. The molecule has 0 unspecified atom stereocenters. The number of hydrogen-bond donors (Lipinski definition) is 0. The lowest BCUT2D eigenvalue weighted by Crippen LogP contribution is -2.01. The van der Waals surface area contributed by atoms with Gasteiger partial charge in [0, 0.05) is 55.2 Å². The Morgan fingerprint density at radius 3 is 1.41 bits per heavy atom. The van der Waals surface area contributed by atoms with Crippen molar-refractivity contribution in [1.82, 2.24) is 24.1 Å². The summed E-state index contributed by atoms with van der Waals surface area (Å²) < 4.78 is 4.77. The van der Waals surface area contributed by atoms with Crippen molar-refractivity contribution >= 4 is 43.6 Å². The second-order valence-electron chi connectivity index (χ2n) is 14.3. The molecule has 11 rings (SSSR count). The number of hydrogen-bond acceptors (Lipinski definition) is 4. The first-order valence-electron chi connectivity index (χ1n) is 19.3. The third-order valence-corrected chi connectivity index (χ3v) is 11.0. The van der Waals surface area contributed by atoms with Crippen molar-refractivity contribution in [3.8, 4) is 62.7 Å². The summed E-state index contributed by atoms with van der Waals surface area (Å²) in [4.78, 5) is 14.8. The third-order valence-electron chi connectivity index (χ3n) is 11.0. The number of nitriles is 1. The predicted octanol–water partition coefficient (Wildman–Crippen LogP) is 12.6. The highest BCUT2D eigenvalue weighted by molar-refractivity contribution is 6.28. The van der Waals surface area contributed by atoms with Gasteiger partial charge in [-0.25, -0.2) is 15.0 Å². The van der Waals surface area contributed by atoms with E-state index in [4.69, 9.17) is 15.0 Å². The topological polar surface area (TPSA) is 72.3 Å². The van der Waals surface area contributed by atoms with Crippen molar-refractivity contribution < 1.29 is 0 Å². The number of benzene rings is 8. The lowest BCUT2D eigenvalue weighted by molar-refractivity contribution is 1.07. The van der Waals surface area contributed by atoms with E-state index in [1.165, 1.54) is 0 Å². The standard InChI is InChI=1S/C52H32N6/c53-33-37-31-36(52-55-50(34-17-5-1-6-18-34)54-51(56-52)35-19-7-2-8-20-35)29-30-40(37)43-32-44-41-25-13-15-27-45(41)57(38-21-9-3-10-22-38)48(44)49-47(43)42-26-14-16-28-46(42)58(49)39-23-11-4-12-24-39/h1-32H. The monoisotopic (exact) mass is 740 g/mol. The lowest BCUT2D eigenvalue weighted by Gasteiger charge is -2.15. The van der Waals surface area contributed by atoms with E-state index < -0.39 is 0 Å². The van der Waals surface area contributed by atoms with Gasteiger partial charge in [0.15, 0.2) is 17.5 Å². The van der Waals surface area contributed by atoms with Crippen LogP contribution in [0.2, 0.25) is 0 Å². The summed E-state index contributed by atoms with van der Waals surface area (Å²) in [5.74, 6) is 1.65. The predicted molar refractivity (Wildman–Crippen MR) is 235 cm³/mol. The van der Waals surface area contributed by atoms with Crippen molar-refractivity contribution in [2.24, 2.45) is 0 Å². The molecule has 3 aromatic heterocycles. The summed E-state index contributed by atoms with van der Waals surface area (Å²) in [5.41, 5.74) is 11.4. The molecule has 0 saturated heterocycles. The molecule has 0 aliphatic rings. The fraction of sp³-hybridized carbons (Fsp3) is 0. The zero-order valence-electron chi connectivity index (χ0n) is 31.2. The molecule has 0 aliphatic carbocycles. The third kappa shape index (κ3) is 5.30. The van der Waals surface area contributed by atoms with Gasteiger partial charge >= 0.3 is 0 Å². The van der Waals surface area contributed by atoms with Crippen LogP contribution < -0.4 is 0 Å². The van der Waals surface area contributed by atoms with Crippen molar-refractivity contribution in [3.05, 3.63) is 200 Å². The van der Waals surface area contributed by atoms with Gasteiger partial charge < -0.3 is 9.13 Å². The van der Waals surface area contributed by atoms with Crippen molar-refractivity contribution in [1.29, 1.82) is 5.26 Å². The summed E-state index contributed by atoms with van der Waals surface area (Å²) >= 11 is 0. The molecule has 0 fully saturated rings. The van der Waals surface area contributed by atoms with E-state index >= 15 is 0 Å². The Bertz CT molecular complexity index is 3320. The van der Waals surface area contributed by atoms with E-state index in [0.29, 0.717) is 23.0 Å². The number of para-hydroxylation sites is 4. The minimum atomic E-state index is 0.503. The van der Waals surface area contributed by atoms with E-state index in [1.807, 2.05) is 72.8 Å². The molecule has 0 radical (unpaired) electrons. The van der Waals surface area contributed by atoms with E-state index in [-0.39, 0.29) is 0 Å². The van der Waals surface area contributed by atoms with Crippen LogP contribution in [0.4, 0.5) is 0 Å². The number of fused-ring (bicyclic) bond motifs is 7. The van der Waals surface area contributed by atoms with Crippen LogP contribution in [0.5, 0.6) is 0 Å². The van der Waals surface area contributed by atoms with Crippen LogP contribution in [0.15, 0.2) is 194 Å². The van der Waals surface area contributed by atoms with Crippen LogP contribution in [-0.2, 0) is 0 Å². The lowest BCUT2D eigenvalue weighted by atomic mass is 9.92. The Hall–Kier alpha value is -8.14. The van der Waals surface area contributed by atoms with Crippen molar-refractivity contribution in [2.45, 2.75) is 0 Å². The normalized spacial score (nSPS) is 11.4. The van der Waals surface area contributed by atoms with E-state index in [1.54, 1.807) is 0 Å². The van der Waals surface area contributed by atoms with E-state index in [0.717, 1.165) is 82.8 Å². The molecule has 6 nitrogen and oxygen atoms in total. The second-order valence-corrected chi connectivity index (χ2v) is 14.3. The minimum Gasteiger partial charge on any atom is -0.307 e. The Balaban J connectivity index is 1.22. The minimum absolute atomic E-state index is 0.503. The van der Waals surface area contributed by atoms with E-state index in [9.17, 15) is 5.26 Å². The smallest absolute Gasteiger partial charge is 0.164 e. The highest BCUT2D eigenvalue weighted by atomic mass is 15.0. The van der Waals surface area contributed by atoms with Crippen LogP contribution in [0.3, 0.4) is 0 Å². The molecule has 0 aliphatic heterocycles. The molecule has 6 heteroatoms. The van der Waals surface area contributed by atoms with Gasteiger partial charge in [0.2, 0.25) is 0 Å². The number of aromatic nitrogens is 5. The molecule has 0 spiro atoms. The van der Waals surface area contributed by atoms with Gasteiger partial charge in [-0.2, -0.15) is 5.26 Å². The molecule has 0 amide bonds. The molecule has 0 N–H and O–H groups in total. The largest absolute Gasteiger partial charge is 0.307 e. The maximum atomic E-state index is 11.0. The van der Waals surface area contributed by atoms with Crippen molar-refractivity contribution in [3.63, 3.8) is 0 Å². The van der Waals surface area contributed by atoms with Gasteiger partial charge in [-0.1, -0.05) is 146 Å². The van der Waals surface area contributed by atoms with Crippen LogP contribution in [-0.4, -0.2) is 24.1 Å². The van der Waals surface area contributed by atoms with Gasteiger partial charge in [0.25, 0.3) is 0 Å². The highest BCUT2D eigenvalue weighted by Crippen LogP contribution is 2.47. The van der Waals surface area contributed by atoms with Gasteiger partial charge in [-0.05, 0) is 54.1 Å². The summed E-state index contributed by atoms with van der Waals surface area (Å²) in [6.45, 7) is 0. The van der Waals surface area contributed by atoms with Crippen molar-refractivity contribution in [2.75, 3.05) is 0 Å². The molecular formula is C52H32N6. The first-order valence-corrected chi connectivity index (χ1v) is 19.3. The molecular weight excluding hydrogens is 709 g/mol. The zero-order chi connectivity index (χ0) is 38.6. The Kier molecular flexibility index (Phi) is 7.76. The summed E-state index contributed by atoms with van der Waals surface area (Å²) in [5, 5.41) is 15.4. The SMILES string of the molecule is N#Cc1cc(-c2nc(-c3ccccc3)nc(-c3ccccc3)n2)ccc1-c1cc2c3ccccc3n(-c3ccccc3)c2c2c1c1ccccc1n2-c1ccccc1. The molecule has 58 heavy (non-hydrogen) atoms. The molecule has 0 saturated carbocycles. The molecule has 270 valence electrons. The summed E-state index contributed by atoms with van der Waals surface area (Å²) in [6.07, 6.45) is 0. The van der Waals surface area contributed by atoms with Crippen LogP contribution in [0, 0.1) is 11.3 Å². The quantitative estimate of drug-likeness (QED) is 0.170. The molecule has 0 bridgehead atoms. The van der Waals surface area contributed by atoms with Crippen LogP contribution >= 0.6 is 0 Å². The van der Waals surface area contributed by atoms with E-state index in [2.05, 4.69) is 137 Å². The van der Waals surface area contributed by atoms with Gasteiger partial charge in [-0.15, -0.1) is 0 Å². The highest BCUT2D eigenvalue weighted by Gasteiger charge is 2.25. The maximum Gasteiger partial charge on any atom is 0.164 e. The second kappa shape index (κ2) is 13.6. The molecule has 3 heterocycles. The fourth-order valence-corrected chi connectivity index (χ4v) is 8.45. The Morgan fingerprint density at radius 1 is 0.379 bits per heavy atom. The number of nitrogens with zero attached hydrogens (tertiary/aromatic N) is 6. The first-order chi connectivity index (χ1) is 28.7. The summed E-state index contributed by atoms with van der Waals surface area (Å²) in [6, 6.07) is 69.1.